The summed E-state index contributed by atoms with van der Waals surface area (Å²) in [5.74, 6) is 1.27. The topological polar surface area (TPSA) is 79.9 Å². The molecule has 0 atom stereocenters. The quantitative estimate of drug-likeness (QED) is 0.881. The number of nitrogens with one attached hydrogen (secondary N) is 2. The van der Waals surface area contributed by atoms with E-state index in [-0.39, 0.29) is 18.7 Å². The first kappa shape index (κ1) is 15.3. The number of rotatable bonds is 2. The first-order valence-corrected chi connectivity index (χ1v) is 7.99. The molecule has 2 N–H and O–H groups in total. The highest BCUT2D eigenvalue weighted by molar-refractivity contribution is 6.01. The molecule has 2 aromatic rings. The number of urea groups is 1. The number of anilines is 3. The van der Waals surface area contributed by atoms with E-state index in [0.717, 1.165) is 17.7 Å². The van der Waals surface area contributed by atoms with Gasteiger partial charge in [0.25, 0.3) is 0 Å². The Balaban J connectivity index is 1.46. The van der Waals surface area contributed by atoms with Crippen molar-refractivity contribution in [2.24, 2.45) is 0 Å². The number of hydrogen-bond acceptors (Lipinski definition) is 4. The van der Waals surface area contributed by atoms with Gasteiger partial charge in [0.15, 0.2) is 11.5 Å². The van der Waals surface area contributed by atoms with Gasteiger partial charge in [0.1, 0.15) is 0 Å². The molecule has 0 bridgehead atoms. The van der Waals surface area contributed by atoms with Crippen molar-refractivity contribution in [1.29, 1.82) is 0 Å². The zero-order valence-electron chi connectivity index (χ0n) is 13.7. The van der Waals surface area contributed by atoms with Crippen LogP contribution in [-0.2, 0) is 11.2 Å². The number of fused-ring (bicyclic) bond motifs is 2. The van der Waals surface area contributed by atoms with Crippen molar-refractivity contribution < 1.29 is 19.1 Å². The second-order valence-corrected chi connectivity index (χ2v) is 5.91. The van der Waals surface area contributed by atoms with Gasteiger partial charge in [-0.3, -0.25) is 4.79 Å². The van der Waals surface area contributed by atoms with Gasteiger partial charge in [-0.2, -0.15) is 0 Å². The summed E-state index contributed by atoms with van der Waals surface area (Å²) < 4.78 is 10.5. The SMILES string of the molecule is CC(=O)N1CCc2ccc(NC(=O)Nc3ccc4c(c3)OCO4)cc21. The number of benzene rings is 2. The molecule has 0 saturated heterocycles. The minimum atomic E-state index is -0.369. The lowest BCUT2D eigenvalue weighted by Crippen LogP contribution is -2.26. The molecule has 0 aromatic heterocycles. The van der Waals surface area contributed by atoms with Gasteiger partial charge in [0.2, 0.25) is 12.7 Å². The molecule has 7 nitrogen and oxygen atoms in total. The van der Waals surface area contributed by atoms with Crippen molar-refractivity contribution in [3.8, 4) is 11.5 Å². The molecule has 3 amide bonds. The molecule has 0 saturated carbocycles. The lowest BCUT2D eigenvalue weighted by atomic mass is 10.1. The van der Waals surface area contributed by atoms with Crippen molar-refractivity contribution in [3.05, 3.63) is 42.0 Å². The molecule has 0 unspecified atom stereocenters. The normalized spacial score (nSPS) is 14.2. The van der Waals surface area contributed by atoms with E-state index in [0.29, 0.717) is 29.4 Å². The van der Waals surface area contributed by atoms with Gasteiger partial charge < -0.3 is 25.0 Å². The van der Waals surface area contributed by atoms with E-state index in [9.17, 15) is 9.59 Å². The van der Waals surface area contributed by atoms with E-state index in [1.165, 1.54) is 0 Å². The second kappa shape index (κ2) is 6.01. The summed E-state index contributed by atoms with van der Waals surface area (Å²) in [7, 11) is 0. The Morgan fingerprint density at radius 3 is 2.52 bits per heavy atom. The summed E-state index contributed by atoms with van der Waals surface area (Å²) in [5, 5.41) is 5.54. The number of amides is 3. The van der Waals surface area contributed by atoms with Gasteiger partial charge in [0, 0.05) is 36.6 Å². The average Bonchev–Trinajstić information content (AvgIpc) is 3.20. The second-order valence-electron chi connectivity index (χ2n) is 5.91. The van der Waals surface area contributed by atoms with Crippen LogP contribution in [0.25, 0.3) is 0 Å². The van der Waals surface area contributed by atoms with E-state index < -0.39 is 0 Å². The molecule has 2 aromatic carbocycles. The summed E-state index contributed by atoms with van der Waals surface area (Å²) in [6, 6.07) is 10.4. The number of nitrogens with zero attached hydrogens (tertiary/aromatic N) is 1. The highest BCUT2D eigenvalue weighted by Gasteiger charge is 2.22. The number of ether oxygens (including phenoxy) is 2. The molecule has 0 aliphatic carbocycles. The summed E-state index contributed by atoms with van der Waals surface area (Å²) in [6.45, 7) is 2.41. The monoisotopic (exact) mass is 339 g/mol. The fraction of sp³-hybridized carbons (Fsp3) is 0.222. The molecular weight excluding hydrogens is 322 g/mol. The minimum Gasteiger partial charge on any atom is -0.454 e. The molecular formula is C18H17N3O4. The zero-order valence-corrected chi connectivity index (χ0v) is 13.7. The third kappa shape index (κ3) is 2.96. The first-order chi connectivity index (χ1) is 12.1. The van der Waals surface area contributed by atoms with Gasteiger partial charge in [-0.15, -0.1) is 0 Å². The van der Waals surface area contributed by atoms with E-state index >= 15 is 0 Å². The molecule has 128 valence electrons. The molecule has 0 radical (unpaired) electrons. The van der Waals surface area contributed by atoms with Gasteiger partial charge in [0.05, 0.1) is 0 Å². The van der Waals surface area contributed by atoms with Crippen LogP contribution >= 0.6 is 0 Å². The highest BCUT2D eigenvalue weighted by Crippen LogP contribution is 2.34. The molecule has 0 spiro atoms. The van der Waals surface area contributed by atoms with Crippen molar-refractivity contribution in [3.63, 3.8) is 0 Å². The van der Waals surface area contributed by atoms with Crippen LogP contribution in [0.1, 0.15) is 12.5 Å². The molecule has 2 aliphatic rings. The van der Waals surface area contributed by atoms with Crippen LogP contribution in [0.15, 0.2) is 36.4 Å². The fourth-order valence-corrected chi connectivity index (χ4v) is 3.05. The third-order valence-corrected chi connectivity index (χ3v) is 4.25. The maximum atomic E-state index is 12.2. The largest absolute Gasteiger partial charge is 0.454 e. The Hall–Kier alpha value is -3.22. The van der Waals surface area contributed by atoms with Crippen molar-refractivity contribution in [2.75, 3.05) is 28.9 Å². The van der Waals surface area contributed by atoms with Gasteiger partial charge in [-0.25, -0.2) is 4.79 Å². The van der Waals surface area contributed by atoms with Crippen LogP contribution in [0.5, 0.6) is 11.5 Å². The Morgan fingerprint density at radius 1 is 1.00 bits per heavy atom. The van der Waals surface area contributed by atoms with Gasteiger partial charge >= 0.3 is 6.03 Å². The van der Waals surface area contributed by atoms with Crippen LogP contribution in [0.4, 0.5) is 21.9 Å². The summed E-state index contributed by atoms with van der Waals surface area (Å²) >= 11 is 0. The molecule has 2 aliphatic heterocycles. The van der Waals surface area contributed by atoms with Crippen LogP contribution in [0, 0.1) is 0 Å². The fourth-order valence-electron chi connectivity index (χ4n) is 3.05. The van der Waals surface area contributed by atoms with Crippen LogP contribution < -0.4 is 25.0 Å². The summed E-state index contributed by atoms with van der Waals surface area (Å²) in [6.07, 6.45) is 0.832. The highest BCUT2D eigenvalue weighted by atomic mass is 16.7. The van der Waals surface area contributed by atoms with Gasteiger partial charge in [-0.05, 0) is 36.2 Å². The van der Waals surface area contributed by atoms with Crippen LogP contribution in [0.2, 0.25) is 0 Å². The third-order valence-electron chi connectivity index (χ3n) is 4.25. The van der Waals surface area contributed by atoms with E-state index in [1.54, 1.807) is 30.0 Å². The average molecular weight is 339 g/mol. The molecule has 2 heterocycles. The number of carbonyl (C=O) groups excluding carboxylic acids is 2. The standard InChI is InChI=1S/C18H17N3O4/c1-11(22)21-7-6-12-2-3-13(8-15(12)21)19-18(23)20-14-4-5-16-17(9-14)25-10-24-16/h2-5,8-9H,6-7,10H2,1H3,(H2,19,20,23). The van der Waals surface area contributed by atoms with E-state index in [1.807, 2.05) is 18.2 Å². The molecule has 4 rings (SSSR count). The molecule has 0 fully saturated rings. The van der Waals surface area contributed by atoms with E-state index in [4.69, 9.17) is 9.47 Å². The van der Waals surface area contributed by atoms with Crippen LogP contribution in [-0.4, -0.2) is 25.3 Å². The van der Waals surface area contributed by atoms with Crippen LogP contribution in [0.3, 0.4) is 0 Å². The summed E-state index contributed by atoms with van der Waals surface area (Å²) in [4.78, 5) is 25.6. The smallest absolute Gasteiger partial charge is 0.323 e. The van der Waals surface area contributed by atoms with Crippen molar-refractivity contribution in [1.82, 2.24) is 0 Å². The Labute approximate surface area is 144 Å². The summed E-state index contributed by atoms with van der Waals surface area (Å²) in [5.41, 5.74) is 3.20. The maximum Gasteiger partial charge on any atom is 0.323 e. The Kier molecular flexibility index (Phi) is 3.68. The maximum absolute atomic E-state index is 12.2. The van der Waals surface area contributed by atoms with Crippen molar-refractivity contribution in [2.45, 2.75) is 13.3 Å². The molecule has 25 heavy (non-hydrogen) atoms. The lowest BCUT2D eigenvalue weighted by molar-refractivity contribution is -0.116. The van der Waals surface area contributed by atoms with Gasteiger partial charge in [-0.1, -0.05) is 6.07 Å². The van der Waals surface area contributed by atoms with E-state index in [2.05, 4.69) is 10.6 Å². The number of hydrogen-bond donors (Lipinski definition) is 2. The predicted molar refractivity (Wildman–Crippen MR) is 93.4 cm³/mol. The lowest BCUT2D eigenvalue weighted by Gasteiger charge is -2.16. The Morgan fingerprint density at radius 2 is 1.72 bits per heavy atom. The minimum absolute atomic E-state index is 0.000659. The molecule has 7 heteroatoms. The van der Waals surface area contributed by atoms with Crippen molar-refractivity contribution >= 4 is 29.0 Å². The zero-order chi connectivity index (χ0) is 17.4. The predicted octanol–water partition coefficient (Wildman–Crippen LogP) is 2.97. The Bertz CT molecular complexity index is 865. The number of carbonyl (C=O) groups is 2. The first-order valence-electron chi connectivity index (χ1n) is 7.99.